The van der Waals surface area contributed by atoms with Crippen LogP contribution < -0.4 is 0 Å². The number of pyridine rings is 1. The molecule has 0 radical (unpaired) electrons. The number of hydrogen-bond donors (Lipinski definition) is 1. The number of hydrogen-bond acceptors (Lipinski definition) is 3. The Kier molecular flexibility index (Phi) is 2.95. The Hall–Kier alpha value is -2.69. The van der Waals surface area contributed by atoms with Crippen LogP contribution in [-0.2, 0) is 13.5 Å². The van der Waals surface area contributed by atoms with E-state index >= 15 is 0 Å². The van der Waals surface area contributed by atoms with Crippen LogP contribution in [0, 0.1) is 0 Å². The first kappa shape index (κ1) is 12.3. The average molecular weight is 267 g/mol. The zero-order chi connectivity index (χ0) is 14.1. The number of carbonyl (C=O) groups is 1. The molecule has 2 heterocycles. The molecule has 0 bridgehead atoms. The molecule has 0 fully saturated rings. The summed E-state index contributed by atoms with van der Waals surface area (Å²) in [5.74, 6) is -0.942. The van der Waals surface area contributed by atoms with Crippen LogP contribution in [-0.4, -0.2) is 25.8 Å². The first-order chi connectivity index (χ1) is 9.66. The number of fused-ring (bicyclic) bond motifs is 1. The van der Waals surface area contributed by atoms with Gasteiger partial charge in [-0.25, -0.2) is 4.79 Å². The number of carboxylic acids is 1. The number of para-hydroxylation sites is 1. The van der Waals surface area contributed by atoms with Gasteiger partial charge in [-0.15, -0.1) is 0 Å². The maximum absolute atomic E-state index is 11.2. The van der Waals surface area contributed by atoms with E-state index in [-0.39, 0.29) is 5.56 Å². The van der Waals surface area contributed by atoms with Gasteiger partial charge in [0, 0.05) is 31.2 Å². The lowest BCUT2D eigenvalue weighted by molar-refractivity contribution is 0.0695. The van der Waals surface area contributed by atoms with E-state index in [0.717, 1.165) is 16.6 Å². The Morgan fingerprint density at radius 3 is 2.90 bits per heavy atom. The Balaban J connectivity index is 2.08. The smallest absolute Gasteiger partial charge is 0.336 e. The van der Waals surface area contributed by atoms with Crippen molar-refractivity contribution in [2.24, 2.45) is 7.05 Å². The van der Waals surface area contributed by atoms with Crippen LogP contribution in [0.1, 0.15) is 21.6 Å². The molecule has 0 aliphatic heterocycles. The van der Waals surface area contributed by atoms with Gasteiger partial charge in [0.05, 0.1) is 16.8 Å². The topological polar surface area (TPSA) is 68.0 Å². The molecule has 5 nitrogen and oxygen atoms in total. The molecule has 3 rings (SSSR count). The van der Waals surface area contributed by atoms with E-state index in [9.17, 15) is 9.90 Å². The summed E-state index contributed by atoms with van der Waals surface area (Å²) >= 11 is 0. The zero-order valence-electron chi connectivity index (χ0n) is 10.9. The molecular weight excluding hydrogens is 254 g/mol. The predicted molar refractivity (Wildman–Crippen MR) is 74.7 cm³/mol. The van der Waals surface area contributed by atoms with Crippen LogP contribution >= 0.6 is 0 Å². The van der Waals surface area contributed by atoms with Crippen LogP contribution in [0.3, 0.4) is 0 Å². The molecule has 0 spiro atoms. The standard InChI is InChI=1S/C15H13N3O2/c1-18-14-5-3-2-4-12(14)13(17-18)8-10-9-16-7-6-11(10)15(19)20/h2-7,9H,8H2,1H3,(H,19,20). The summed E-state index contributed by atoms with van der Waals surface area (Å²) in [5.41, 5.74) is 2.83. The molecule has 20 heavy (non-hydrogen) atoms. The number of benzene rings is 1. The van der Waals surface area contributed by atoms with Crippen molar-refractivity contribution in [3.05, 3.63) is 59.5 Å². The zero-order valence-corrected chi connectivity index (χ0v) is 10.9. The van der Waals surface area contributed by atoms with Crippen molar-refractivity contribution in [3.8, 4) is 0 Å². The van der Waals surface area contributed by atoms with Crippen LogP contribution in [0.15, 0.2) is 42.7 Å². The quantitative estimate of drug-likeness (QED) is 0.790. The lowest BCUT2D eigenvalue weighted by Gasteiger charge is -2.03. The molecule has 0 unspecified atom stereocenters. The maximum Gasteiger partial charge on any atom is 0.336 e. The highest BCUT2D eigenvalue weighted by Gasteiger charge is 2.14. The highest BCUT2D eigenvalue weighted by atomic mass is 16.4. The third-order valence-electron chi connectivity index (χ3n) is 3.33. The molecule has 1 aromatic carbocycles. The van der Waals surface area contributed by atoms with Crippen molar-refractivity contribution in [1.29, 1.82) is 0 Å². The van der Waals surface area contributed by atoms with Crippen LogP contribution in [0.4, 0.5) is 0 Å². The summed E-state index contributed by atoms with van der Waals surface area (Å²) in [6.07, 6.45) is 3.53. The van der Waals surface area contributed by atoms with Crippen LogP contribution in [0.25, 0.3) is 10.9 Å². The Morgan fingerprint density at radius 1 is 1.30 bits per heavy atom. The van der Waals surface area contributed by atoms with Gasteiger partial charge in [-0.2, -0.15) is 5.10 Å². The van der Waals surface area contributed by atoms with E-state index in [2.05, 4.69) is 10.1 Å². The van der Waals surface area contributed by atoms with Crippen LogP contribution in [0.2, 0.25) is 0 Å². The summed E-state index contributed by atoms with van der Waals surface area (Å²) in [4.78, 5) is 15.2. The van der Waals surface area contributed by atoms with E-state index in [0.29, 0.717) is 12.0 Å². The van der Waals surface area contributed by atoms with Gasteiger partial charge >= 0.3 is 5.97 Å². The van der Waals surface area contributed by atoms with Gasteiger partial charge in [-0.1, -0.05) is 18.2 Å². The second-order valence-corrected chi connectivity index (χ2v) is 4.60. The molecule has 2 aromatic heterocycles. The van der Waals surface area contributed by atoms with Gasteiger partial charge in [-0.05, 0) is 17.7 Å². The van der Waals surface area contributed by atoms with Gasteiger partial charge in [0.2, 0.25) is 0 Å². The lowest BCUT2D eigenvalue weighted by atomic mass is 10.0. The fourth-order valence-corrected chi connectivity index (χ4v) is 2.38. The number of aryl methyl sites for hydroxylation is 1. The van der Waals surface area contributed by atoms with Gasteiger partial charge in [0.1, 0.15) is 0 Å². The second-order valence-electron chi connectivity index (χ2n) is 4.60. The molecule has 0 saturated heterocycles. The third kappa shape index (κ3) is 2.03. The summed E-state index contributed by atoms with van der Waals surface area (Å²) in [6.45, 7) is 0. The lowest BCUT2D eigenvalue weighted by Crippen LogP contribution is -2.04. The number of carboxylic acid groups (broad SMARTS) is 1. The minimum absolute atomic E-state index is 0.273. The molecular formula is C15H13N3O2. The van der Waals surface area contributed by atoms with Crippen molar-refractivity contribution < 1.29 is 9.90 Å². The first-order valence-corrected chi connectivity index (χ1v) is 6.23. The van der Waals surface area contributed by atoms with Crippen molar-refractivity contribution in [1.82, 2.24) is 14.8 Å². The van der Waals surface area contributed by atoms with E-state index in [1.54, 1.807) is 6.20 Å². The molecule has 0 aliphatic carbocycles. The normalized spacial score (nSPS) is 10.8. The van der Waals surface area contributed by atoms with E-state index in [1.165, 1.54) is 12.3 Å². The molecule has 5 heteroatoms. The molecule has 100 valence electrons. The predicted octanol–water partition coefficient (Wildman–Crippen LogP) is 2.26. The largest absolute Gasteiger partial charge is 0.478 e. The van der Waals surface area contributed by atoms with Gasteiger partial charge in [-0.3, -0.25) is 9.67 Å². The van der Waals surface area contributed by atoms with Crippen molar-refractivity contribution >= 4 is 16.9 Å². The van der Waals surface area contributed by atoms with Crippen molar-refractivity contribution in [3.63, 3.8) is 0 Å². The van der Waals surface area contributed by atoms with Gasteiger partial charge < -0.3 is 5.11 Å². The van der Waals surface area contributed by atoms with E-state index in [4.69, 9.17) is 0 Å². The fraction of sp³-hybridized carbons (Fsp3) is 0.133. The second kappa shape index (κ2) is 4.77. The minimum Gasteiger partial charge on any atom is -0.478 e. The van der Waals surface area contributed by atoms with E-state index in [1.807, 2.05) is 36.0 Å². The number of nitrogens with zero attached hydrogens (tertiary/aromatic N) is 3. The van der Waals surface area contributed by atoms with Crippen molar-refractivity contribution in [2.45, 2.75) is 6.42 Å². The van der Waals surface area contributed by atoms with E-state index < -0.39 is 5.97 Å². The molecule has 3 aromatic rings. The summed E-state index contributed by atoms with van der Waals surface area (Å²) in [7, 11) is 1.88. The monoisotopic (exact) mass is 267 g/mol. The number of aromatic nitrogens is 3. The minimum atomic E-state index is -0.942. The third-order valence-corrected chi connectivity index (χ3v) is 3.33. The molecule has 1 N–H and O–H groups in total. The van der Waals surface area contributed by atoms with Gasteiger partial charge in [0.25, 0.3) is 0 Å². The highest BCUT2D eigenvalue weighted by Crippen LogP contribution is 2.21. The average Bonchev–Trinajstić information content (AvgIpc) is 2.76. The fourth-order valence-electron chi connectivity index (χ4n) is 2.38. The first-order valence-electron chi connectivity index (χ1n) is 6.23. The highest BCUT2D eigenvalue weighted by molar-refractivity contribution is 5.89. The Labute approximate surface area is 115 Å². The van der Waals surface area contributed by atoms with Crippen LogP contribution in [0.5, 0.6) is 0 Å². The molecule has 0 amide bonds. The number of aromatic carboxylic acids is 1. The maximum atomic E-state index is 11.2. The number of rotatable bonds is 3. The Bertz CT molecular complexity index is 793. The van der Waals surface area contributed by atoms with Gasteiger partial charge in [0.15, 0.2) is 0 Å². The molecule has 0 saturated carbocycles. The SMILES string of the molecule is Cn1nc(Cc2cnccc2C(=O)O)c2ccccc21. The summed E-state index contributed by atoms with van der Waals surface area (Å²) < 4.78 is 1.81. The molecule has 0 aliphatic rings. The molecule has 0 atom stereocenters. The Morgan fingerprint density at radius 2 is 2.10 bits per heavy atom. The summed E-state index contributed by atoms with van der Waals surface area (Å²) in [5, 5.41) is 14.7. The van der Waals surface area contributed by atoms with Crippen molar-refractivity contribution in [2.75, 3.05) is 0 Å². The summed E-state index contributed by atoms with van der Waals surface area (Å²) in [6, 6.07) is 9.42.